The first-order valence-electron chi connectivity index (χ1n) is 8.61. The van der Waals surface area contributed by atoms with Crippen molar-refractivity contribution < 1.29 is 9.53 Å². The van der Waals surface area contributed by atoms with Crippen LogP contribution in [0, 0.1) is 0 Å². The van der Waals surface area contributed by atoms with E-state index < -0.39 is 0 Å². The Morgan fingerprint density at radius 3 is 2.62 bits per heavy atom. The highest BCUT2D eigenvalue weighted by Gasteiger charge is 2.33. The number of methoxy groups -OCH3 is 1. The van der Waals surface area contributed by atoms with E-state index in [1.807, 2.05) is 70.4 Å². The SMILES string of the molecule is COc1ccccc1CC(=O)N1CC(n2cc(-c3ccccc3)nn2)C1. The largest absolute Gasteiger partial charge is 0.496 e. The number of hydrogen-bond acceptors (Lipinski definition) is 4. The zero-order chi connectivity index (χ0) is 17.9. The van der Waals surface area contributed by atoms with Gasteiger partial charge in [-0.05, 0) is 6.07 Å². The number of rotatable bonds is 5. The van der Waals surface area contributed by atoms with Crippen LogP contribution in [0.3, 0.4) is 0 Å². The van der Waals surface area contributed by atoms with Gasteiger partial charge < -0.3 is 9.64 Å². The van der Waals surface area contributed by atoms with Gasteiger partial charge in [0.25, 0.3) is 0 Å². The van der Waals surface area contributed by atoms with Crippen molar-refractivity contribution in [2.75, 3.05) is 20.2 Å². The molecule has 4 rings (SSSR count). The predicted molar refractivity (Wildman–Crippen MR) is 97.8 cm³/mol. The van der Waals surface area contributed by atoms with Gasteiger partial charge in [-0.15, -0.1) is 5.10 Å². The van der Waals surface area contributed by atoms with Crippen molar-refractivity contribution >= 4 is 5.91 Å². The van der Waals surface area contributed by atoms with Crippen LogP contribution in [0.2, 0.25) is 0 Å². The molecule has 0 spiro atoms. The number of likely N-dealkylation sites (tertiary alicyclic amines) is 1. The minimum absolute atomic E-state index is 0.106. The number of benzene rings is 2. The van der Waals surface area contributed by atoms with Crippen LogP contribution in [0.5, 0.6) is 5.75 Å². The molecule has 1 aliphatic rings. The number of hydrogen-bond donors (Lipinski definition) is 0. The van der Waals surface area contributed by atoms with E-state index in [4.69, 9.17) is 4.74 Å². The lowest BCUT2D eigenvalue weighted by Gasteiger charge is -2.39. The molecule has 0 saturated carbocycles. The molecule has 1 amide bonds. The van der Waals surface area contributed by atoms with Crippen molar-refractivity contribution in [3.63, 3.8) is 0 Å². The summed E-state index contributed by atoms with van der Waals surface area (Å²) in [5.74, 6) is 0.857. The maximum absolute atomic E-state index is 12.5. The standard InChI is InChI=1S/C20H20N4O2/c1-26-19-10-6-5-9-16(19)11-20(25)23-12-17(13-23)24-14-18(21-22-24)15-7-3-2-4-8-15/h2-10,14,17H,11-13H2,1H3. The van der Waals surface area contributed by atoms with E-state index >= 15 is 0 Å². The molecule has 1 fully saturated rings. The number of ether oxygens (including phenoxy) is 1. The van der Waals surface area contributed by atoms with E-state index in [1.54, 1.807) is 7.11 Å². The first-order valence-corrected chi connectivity index (χ1v) is 8.61. The van der Waals surface area contributed by atoms with Gasteiger partial charge >= 0.3 is 0 Å². The van der Waals surface area contributed by atoms with E-state index in [9.17, 15) is 4.79 Å². The maximum Gasteiger partial charge on any atom is 0.227 e. The average Bonchev–Trinajstić information content (AvgIpc) is 3.11. The summed E-state index contributed by atoms with van der Waals surface area (Å²) in [5.41, 5.74) is 2.81. The lowest BCUT2D eigenvalue weighted by Crippen LogP contribution is -2.51. The van der Waals surface area contributed by atoms with E-state index in [0.717, 1.165) is 22.6 Å². The van der Waals surface area contributed by atoms with Crippen LogP contribution in [0.4, 0.5) is 0 Å². The molecule has 2 aromatic carbocycles. The Bertz CT molecular complexity index is 901. The highest BCUT2D eigenvalue weighted by molar-refractivity contribution is 5.80. The topological polar surface area (TPSA) is 60.2 Å². The zero-order valence-corrected chi connectivity index (χ0v) is 14.6. The van der Waals surface area contributed by atoms with Crippen molar-refractivity contribution in [1.29, 1.82) is 0 Å². The quantitative estimate of drug-likeness (QED) is 0.711. The van der Waals surface area contributed by atoms with Crippen LogP contribution in [0.25, 0.3) is 11.3 Å². The first-order chi connectivity index (χ1) is 12.7. The third kappa shape index (κ3) is 3.18. The van der Waals surface area contributed by atoms with Crippen LogP contribution >= 0.6 is 0 Å². The minimum Gasteiger partial charge on any atom is -0.496 e. The maximum atomic E-state index is 12.5. The van der Waals surface area contributed by atoms with Gasteiger partial charge in [0.2, 0.25) is 5.91 Å². The summed E-state index contributed by atoms with van der Waals surface area (Å²) in [5, 5.41) is 8.47. The van der Waals surface area contributed by atoms with Crippen LogP contribution < -0.4 is 4.74 Å². The van der Waals surface area contributed by atoms with Gasteiger partial charge in [-0.25, -0.2) is 4.68 Å². The molecule has 0 aliphatic carbocycles. The van der Waals surface area contributed by atoms with Gasteiger partial charge in [0.15, 0.2) is 0 Å². The molecule has 132 valence electrons. The normalized spacial score (nSPS) is 14.1. The van der Waals surface area contributed by atoms with Crippen molar-refractivity contribution in [1.82, 2.24) is 19.9 Å². The summed E-state index contributed by atoms with van der Waals surface area (Å²) < 4.78 is 7.18. The third-order valence-corrected chi connectivity index (χ3v) is 4.70. The van der Waals surface area contributed by atoms with Gasteiger partial charge in [-0.1, -0.05) is 53.7 Å². The average molecular weight is 348 g/mol. The smallest absolute Gasteiger partial charge is 0.227 e. The van der Waals surface area contributed by atoms with Crippen LogP contribution in [-0.2, 0) is 11.2 Å². The Morgan fingerprint density at radius 1 is 1.12 bits per heavy atom. The second-order valence-electron chi connectivity index (χ2n) is 6.39. The summed E-state index contributed by atoms with van der Waals surface area (Å²) in [6.07, 6.45) is 2.30. The van der Waals surface area contributed by atoms with Crippen LogP contribution in [-0.4, -0.2) is 46.0 Å². The fourth-order valence-corrected chi connectivity index (χ4v) is 3.15. The molecule has 0 atom stereocenters. The van der Waals surface area contributed by atoms with Gasteiger partial charge in [0.1, 0.15) is 11.4 Å². The van der Waals surface area contributed by atoms with Gasteiger partial charge in [-0.2, -0.15) is 0 Å². The van der Waals surface area contributed by atoms with E-state index in [2.05, 4.69) is 10.3 Å². The Kier molecular flexibility index (Phi) is 4.39. The Labute approximate surface area is 152 Å². The Hall–Kier alpha value is -3.15. The zero-order valence-electron chi connectivity index (χ0n) is 14.6. The number of carbonyl (C=O) groups is 1. The Balaban J connectivity index is 1.37. The number of nitrogens with zero attached hydrogens (tertiary/aromatic N) is 4. The molecule has 3 aromatic rings. The van der Waals surface area contributed by atoms with Gasteiger partial charge in [0, 0.05) is 24.2 Å². The van der Waals surface area contributed by atoms with Gasteiger partial charge in [0.05, 0.1) is 25.8 Å². The molecule has 1 saturated heterocycles. The van der Waals surface area contributed by atoms with Crippen molar-refractivity contribution in [2.45, 2.75) is 12.5 Å². The molecule has 1 aliphatic heterocycles. The van der Waals surface area contributed by atoms with Crippen LogP contribution in [0.15, 0.2) is 60.8 Å². The second-order valence-corrected chi connectivity index (χ2v) is 6.39. The summed E-state index contributed by atoms with van der Waals surface area (Å²) in [6, 6.07) is 17.8. The fraction of sp³-hybridized carbons (Fsp3) is 0.250. The van der Waals surface area contributed by atoms with Crippen molar-refractivity contribution in [2.24, 2.45) is 0 Å². The molecular weight excluding hydrogens is 328 g/mol. The summed E-state index contributed by atoms with van der Waals surface area (Å²) in [7, 11) is 1.62. The first kappa shape index (κ1) is 16.3. The predicted octanol–water partition coefficient (Wildman–Crippen LogP) is 2.58. The molecule has 0 unspecified atom stereocenters. The van der Waals surface area contributed by atoms with E-state index in [0.29, 0.717) is 19.5 Å². The van der Waals surface area contributed by atoms with Crippen molar-refractivity contribution in [3.05, 3.63) is 66.4 Å². The minimum atomic E-state index is 0.106. The molecule has 6 heteroatoms. The summed E-state index contributed by atoms with van der Waals surface area (Å²) >= 11 is 0. The van der Waals surface area contributed by atoms with E-state index in [-0.39, 0.29) is 11.9 Å². The molecule has 0 N–H and O–H groups in total. The molecule has 1 aromatic heterocycles. The lowest BCUT2D eigenvalue weighted by molar-refractivity contribution is -0.136. The summed E-state index contributed by atoms with van der Waals surface area (Å²) in [6.45, 7) is 1.32. The third-order valence-electron chi connectivity index (χ3n) is 4.70. The second kappa shape index (κ2) is 7.00. The molecule has 6 nitrogen and oxygen atoms in total. The number of amides is 1. The van der Waals surface area contributed by atoms with Crippen LogP contribution in [0.1, 0.15) is 11.6 Å². The monoisotopic (exact) mass is 348 g/mol. The molecule has 26 heavy (non-hydrogen) atoms. The highest BCUT2D eigenvalue weighted by atomic mass is 16.5. The number of carbonyl (C=O) groups excluding carboxylic acids is 1. The molecule has 0 radical (unpaired) electrons. The lowest BCUT2D eigenvalue weighted by atomic mass is 10.1. The molecular formula is C20H20N4O2. The number of aromatic nitrogens is 3. The molecule has 0 bridgehead atoms. The van der Waals surface area contributed by atoms with Crippen molar-refractivity contribution in [3.8, 4) is 17.0 Å². The molecule has 2 heterocycles. The fourth-order valence-electron chi connectivity index (χ4n) is 3.15. The van der Waals surface area contributed by atoms with Gasteiger partial charge in [-0.3, -0.25) is 4.79 Å². The summed E-state index contributed by atoms with van der Waals surface area (Å²) in [4.78, 5) is 14.3. The number of para-hydroxylation sites is 1. The Morgan fingerprint density at radius 2 is 1.85 bits per heavy atom. The van der Waals surface area contributed by atoms with E-state index in [1.165, 1.54) is 0 Å². The highest BCUT2D eigenvalue weighted by Crippen LogP contribution is 2.25.